The molecule has 154 valence electrons. The number of unbranched alkanes of at least 4 members (excludes halogenated alkanes) is 3. The fourth-order valence-corrected chi connectivity index (χ4v) is 2.90. The van der Waals surface area contributed by atoms with Crippen LogP contribution in [0.1, 0.15) is 52.0 Å². The van der Waals surface area contributed by atoms with Crippen molar-refractivity contribution in [1.29, 1.82) is 0 Å². The summed E-state index contributed by atoms with van der Waals surface area (Å²) >= 11 is 0. The van der Waals surface area contributed by atoms with Crippen molar-refractivity contribution in [2.24, 2.45) is 0 Å². The molecular weight excluding hydrogens is 348 g/mol. The van der Waals surface area contributed by atoms with Gasteiger partial charge in [0, 0.05) is 31.4 Å². The third kappa shape index (κ3) is 9.14. The van der Waals surface area contributed by atoms with Crippen LogP contribution in [-0.4, -0.2) is 25.8 Å². The lowest BCUT2D eigenvalue weighted by molar-refractivity contribution is 0.242. The van der Waals surface area contributed by atoms with Gasteiger partial charge in [0.15, 0.2) is 0 Å². The Morgan fingerprint density at radius 2 is 1.71 bits per heavy atom. The van der Waals surface area contributed by atoms with Gasteiger partial charge in [0.25, 0.3) is 0 Å². The van der Waals surface area contributed by atoms with Crippen LogP contribution < -0.4 is 20.1 Å². The smallest absolute Gasteiger partial charge is 0.121 e. The van der Waals surface area contributed by atoms with Crippen molar-refractivity contribution in [2.45, 2.75) is 59.1 Å². The van der Waals surface area contributed by atoms with Gasteiger partial charge in [-0.3, -0.25) is 0 Å². The molecule has 0 atom stereocenters. The summed E-state index contributed by atoms with van der Waals surface area (Å²) in [4.78, 5) is 0. The number of hydrogen-bond acceptors (Lipinski definition) is 4. The number of ether oxygens (including phenoxy) is 2. The molecule has 0 saturated carbocycles. The summed E-state index contributed by atoms with van der Waals surface area (Å²) in [6.45, 7) is 9.72. The van der Waals surface area contributed by atoms with Gasteiger partial charge in [-0.15, -0.1) is 0 Å². The third-order valence-corrected chi connectivity index (χ3v) is 4.36. The first-order valence-electron chi connectivity index (χ1n) is 10.6. The number of rotatable bonds is 14. The molecule has 0 aromatic heterocycles. The second kappa shape index (κ2) is 13.1. The van der Waals surface area contributed by atoms with E-state index in [0.717, 1.165) is 49.8 Å². The summed E-state index contributed by atoms with van der Waals surface area (Å²) < 4.78 is 11.5. The maximum Gasteiger partial charge on any atom is 0.121 e. The van der Waals surface area contributed by atoms with Crippen molar-refractivity contribution in [3.05, 3.63) is 54.1 Å². The Balaban J connectivity index is 1.62. The predicted octanol–water partition coefficient (Wildman–Crippen LogP) is 5.63. The Labute approximate surface area is 170 Å². The minimum atomic E-state index is 0.208. The van der Waals surface area contributed by atoms with Crippen molar-refractivity contribution in [3.8, 4) is 11.5 Å². The van der Waals surface area contributed by atoms with Gasteiger partial charge >= 0.3 is 0 Å². The first kappa shape index (κ1) is 22.1. The van der Waals surface area contributed by atoms with Crippen molar-refractivity contribution in [3.63, 3.8) is 0 Å². The van der Waals surface area contributed by atoms with Crippen LogP contribution in [0.3, 0.4) is 0 Å². The van der Waals surface area contributed by atoms with Gasteiger partial charge in [0.05, 0.1) is 12.7 Å². The Morgan fingerprint density at radius 1 is 0.893 bits per heavy atom. The summed E-state index contributed by atoms with van der Waals surface area (Å²) in [5.41, 5.74) is 2.36. The molecule has 0 spiro atoms. The Kier molecular flexibility index (Phi) is 10.3. The van der Waals surface area contributed by atoms with Gasteiger partial charge in [-0.05, 0) is 50.1 Å². The van der Waals surface area contributed by atoms with Crippen molar-refractivity contribution in [1.82, 2.24) is 5.32 Å². The molecule has 0 fully saturated rings. The molecule has 2 N–H and O–H groups in total. The largest absolute Gasteiger partial charge is 0.494 e. The lowest BCUT2D eigenvalue weighted by Gasteiger charge is -2.11. The van der Waals surface area contributed by atoms with Crippen LogP contribution in [0.5, 0.6) is 11.5 Å². The molecule has 4 heteroatoms. The van der Waals surface area contributed by atoms with Gasteiger partial charge in [-0.25, -0.2) is 0 Å². The molecule has 28 heavy (non-hydrogen) atoms. The van der Waals surface area contributed by atoms with E-state index in [9.17, 15) is 0 Å². The maximum absolute atomic E-state index is 5.85. The van der Waals surface area contributed by atoms with Crippen molar-refractivity contribution >= 4 is 5.69 Å². The van der Waals surface area contributed by atoms with Gasteiger partial charge in [-0.1, -0.05) is 44.4 Å². The highest BCUT2D eigenvalue weighted by Crippen LogP contribution is 2.17. The van der Waals surface area contributed by atoms with Crippen LogP contribution in [0.15, 0.2) is 48.5 Å². The summed E-state index contributed by atoms with van der Waals surface area (Å²) in [7, 11) is 0. The Bertz CT molecular complexity index is 656. The summed E-state index contributed by atoms with van der Waals surface area (Å²) in [5, 5.41) is 6.92. The molecule has 0 heterocycles. The summed E-state index contributed by atoms with van der Waals surface area (Å²) in [6.07, 6.45) is 5.12. The molecule has 0 aliphatic heterocycles. The van der Waals surface area contributed by atoms with Crippen LogP contribution in [0.2, 0.25) is 0 Å². The molecule has 0 radical (unpaired) electrons. The molecular formula is C24H36N2O2. The van der Waals surface area contributed by atoms with Gasteiger partial charge in [-0.2, -0.15) is 0 Å². The lowest BCUT2D eigenvalue weighted by atomic mass is 10.2. The van der Waals surface area contributed by atoms with E-state index in [-0.39, 0.29) is 6.10 Å². The van der Waals surface area contributed by atoms with E-state index in [2.05, 4.69) is 41.8 Å². The van der Waals surface area contributed by atoms with Crippen molar-refractivity contribution in [2.75, 3.05) is 25.0 Å². The van der Waals surface area contributed by atoms with Gasteiger partial charge in [0.2, 0.25) is 0 Å². The van der Waals surface area contributed by atoms with E-state index in [4.69, 9.17) is 9.47 Å². The third-order valence-electron chi connectivity index (χ3n) is 4.36. The normalized spacial score (nSPS) is 10.9. The maximum atomic E-state index is 5.85. The topological polar surface area (TPSA) is 42.5 Å². The highest BCUT2D eigenvalue weighted by atomic mass is 16.5. The first-order valence-corrected chi connectivity index (χ1v) is 10.6. The monoisotopic (exact) mass is 384 g/mol. The van der Waals surface area contributed by atoms with E-state index in [1.165, 1.54) is 24.8 Å². The second-order valence-electron chi connectivity index (χ2n) is 7.35. The highest BCUT2D eigenvalue weighted by Gasteiger charge is 1.99. The van der Waals surface area contributed by atoms with Crippen molar-refractivity contribution < 1.29 is 9.47 Å². The molecule has 2 rings (SSSR count). The van der Waals surface area contributed by atoms with Gasteiger partial charge in [0.1, 0.15) is 11.5 Å². The average molecular weight is 385 g/mol. The second-order valence-corrected chi connectivity index (χ2v) is 7.35. The molecule has 0 bridgehead atoms. The van der Waals surface area contributed by atoms with Crippen LogP contribution >= 0.6 is 0 Å². The zero-order valence-corrected chi connectivity index (χ0v) is 17.7. The molecule has 2 aromatic rings. The molecule has 0 aliphatic carbocycles. The molecule has 0 unspecified atom stereocenters. The standard InChI is InChI=1S/C24H36N2O2/c1-4-5-6-7-17-27-24-10-8-9-22(18-24)26-16-15-25-19-21-11-13-23(14-12-21)28-20(2)3/h8-14,18,20,25-26H,4-7,15-17,19H2,1-3H3. The Hall–Kier alpha value is -2.20. The first-order chi connectivity index (χ1) is 13.7. The summed E-state index contributed by atoms with van der Waals surface area (Å²) in [6, 6.07) is 16.5. The molecule has 2 aromatic carbocycles. The fourth-order valence-electron chi connectivity index (χ4n) is 2.90. The van der Waals surface area contributed by atoms with E-state index in [1.807, 2.05) is 38.1 Å². The molecule has 0 aliphatic rings. The van der Waals surface area contributed by atoms with Gasteiger partial charge < -0.3 is 20.1 Å². The van der Waals surface area contributed by atoms with E-state index in [0.29, 0.717) is 0 Å². The minimum Gasteiger partial charge on any atom is -0.494 e. The van der Waals surface area contributed by atoms with E-state index >= 15 is 0 Å². The van der Waals surface area contributed by atoms with E-state index < -0.39 is 0 Å². The molecule has 0 amide bonds. The lowest BCUT2D eigenvalue weighted by Crippen LogP contribution is -2.21. The quantitative estimate of drug-likeness (QED) is 0.414. The number of anilines is 1. The van der Waals surface area contributed by atoms with Crippen LogP contribution in [0.4, 0.5) is 5.69 Å². The zero-order valence-electron chi connectivity index (χ0n) is 17.7. The Morgan fingerprint density at radius 3 is 2.46 bits per heavy atom. The number of benzene rings is 2. The number of hydrogen-bond donors (Lipinski definition) is 2. The fraction of sp³-hybridized carbons (Fsp3) is 0.500. The SMILES string of the molecule is CCCCCCOc1cccc(NCCNCc2ccc(OC(C)C)cc2)c1. The highest BCUT2D eigenvalue weighted by molar-refractivity contribution is 5.48. The number of nitrogens with one attached hydrogen (secondary N) is 2. The summed E-state index contributed by atoms with van der Waals surface area (Å²) in [5.74, 6) is 1.87. The predicted molar refractivity (Wildman–Crippen MR) is 118 cm³/mol. The van der Waals surface area contributed by atoms with E-state index in [1.54, 1.807) is 0 Å². The van der Waals surface area contributed by atoms with Crippen LogP contribution in [0.25, 0.3) is 0 Å². The average Bonchev–Trinajstić information content (AvgIpc) is 2.69. The van der Waals surface area contributed by atoms with Crippen LogP contribution in [0, 0.1) is 0 Å². The zero-order chi connectivity index (χ0) is 20.0. The molecule has 4 nitrogen and oxygen atoms in total. The van der Waals surface area contributed by atoms with Crippen LogP contribution in [-0.2, 0) is 6.54 Å². The minimum absolute atomic E-state index is 0.208. The molecule has 0 saturated heterocycles.